The standard InChI is InChI=1S/C17H11N3O5S/c21-16(10-1-4-12(5-2-10)20(22)23)19-17-18-13(8-26-17)11-3-6-14-15(7-11)25-9-24-14/h1-8H,9H2,(H,18,19,21). The van der Waals surface area contributed by atoms with E-state index in [1.807, 2.05) is 23.6 Å². The molecule has 0 unspecified atom stereocenters. The first-order chi connectivity index (χ1) is 12.6. The number of fused-ring (bicyclic) bond motifs is 1. The van der Waals surface area contributed by atoms with Crippen molar-refractivity contribution in [3.63, 3.8) is 0 Å². The number of thiazole rings is 1. The number of rotatable bonds is 4. The molecule has 1 N–H and O–H groups in total. The van der Waals surface area contributed by atoms with E-state index in [9.17, 15) is 14.9 Å². The van der Waals surface area contributed by atoms with E-state index >= 15 is 0 Å². The molecule has 9 heteroatoms. The average molecular weight is 369 g/mol. The fourth-order valence-electron chi connectivity index (χ4n) is 2.42. The first kappa shape index (κ1) is 16.0. The lowest BCUT2D eigenvalue weighted by atomic mass is 10.1. The van der Waals surface area contributed by atoms with Crippen LogP contribution in [0.1, 0.15) is 10.4 Å². The lowest BCUT2D eigenvalue weighted by Crippen LogP contribution is -2.11. The smallest absolute Gasteiger partial charge is 0.269 e. The number of carbonyl (C=O) groups is 1. The Morgan fingerprint density at radius 2 is 1.92 bits per heavy atom. The van der Waals surface area contributed by atoms with Gasteiger partial charge < -0.3 is 9.47 Å². The molecule has 0 fully saturated rings. The summed E-state index contributed by atoms with van der Waals surface area (Å²) in [6, 6.07) is 10.9. The van der Waals surface area contributed by atoms with Gasteiger partial charge in [-0.2, -0.15) is 0 Å². The fraction of sp³-hybridized carbons (Fsp3) is 0.0588. The van der Waals surface area contributed by atoms with Crippen LogP contribution in [-0.4, -0.2) is 22.6 Å². The van der Waals surface area contributed by atoms with Crippen molar-refractivity contribution in [1.29, 1.82) is 0 Å². The Labute approximate surface area is 151 Å². The maximum atomic E-state index is 12.2. The molecule has 3 aromatic rings. The highest BCUT2D eigenvalue weighted by Gasteiger charge is 2.16. The van der Waals surface area contributed by atoms with Crippen LogP contribution in [0.4, 0.5) is 10.8 Å². The minimum atomic E-state index is -0.514. The van der Waals surface area contributed by atoms with Crippen molar-refractivity contribution in [3.05, 3.63) is 63.5 Å². The lowest BCUT2D eigenvalue weighted by Gasteiger charge is -2.02. The van der Waals surface area contributed by atoms with Gasteiger partial charge in [-0.1, -0.05) is 0 Å². The summed E-state index contributed by atoms with van der Waals surface area (Å²) in [5.41, 5.74) is 1.80. The molecule has 4 rings (SSSR count). The van der Waals surface area contributed by atoms with Gasteiger partial charge in [-0.15, -0.1) is 11.3 Å². The van der Waals surface area contributed by atoms with Gasteiger partial charge >= 0.3 is 0 Å². The Kier molecular flexibility index (Phi) is 3.98. The molecule has 0 saturated carbocycles. The number of nitrogens with zero attached hydrogens (tertiary/aromatic N) is 2. The number of ether oxygens (including phenoxy) is 2. The monoisotopic (exact) mass is 369 g/mol. The van der Waals surface area contributed by atoms with Gasteiger partial charge in [0.1, 0.15) is 0 Å². The summed E-state index contributed by atoms with van der Waals surface area (Å²) in [5, 5.41) is 15.6. The quantitative estimate of drug-likeness (QED) is 0.555. The third-order valence-corrected chi connectivity index (χ3v) is 4.49. The van der Waals surface area contributed by atoms with E-state index in [-0.39, 0.29) is 18.4 Å². The summed E-state index contributed by atoms with van der Waals surface area (Å²) in [6.07, 6.45) is 0. The number of benzene rings is 2. The SMILES string of the molecule is O=C(Nc1nc(-c2ccc3c(c2)OCO3)cs1)c1ccc([N+](=O)[O-])cc1. The van der Waals surface area contributed by atoms with Gasteiger partial charge in [-0.3, -0.25) is 20.2 Å². The highest BCUT2D eigenvalue weighted by atomic mass is 32.1. The van der Waals surface area contributed by atoms with E-state index in [1.165, 1.54) is 35.6 Å². The normalized spacial score (nSPS) is 12.0. The van der Waals surface area contributed by atoms with Crippen molar-refractivity contribution in [3.8, 4) is 22.8 Å². The lowest BCUT2D eigenvalue weighted by molar-refractivity contribution is -0.384. The van der Waals surface area contributed by atoms with Crippen molar-refractivity contribution < 1.29 is 19.2 Å². The molecule has 1 aliphatic rings. The van der Waals surface area contributed by atoms with Crippen molar-refractivity contribution >= 4 is 28.1 Å². The van der Waals surface area contributed by atoms with Gasteiger partial charge in [0, 0.05) is 28.6 Å². The number of anilines is 1. The summed E-state index contributed by atoms with van der Waals surface area (Å²) in [4.78, 5) is 26.8. The predicted octanol–water partition coefficient (Wildman–Crippen LogP) is 3.70. The molecule has 1 aromatic heterocycles. The van der Waals surface area contributed by atoms with Gasteiger partial charge in [0.25, 0.3) is 11.6 Å². The number of aromatic nitrogens is 1. The Hall–Kier alpha value is -3.46. The molecule has 2 heterocycles. The fourth-order valence-corrected chi connectivity index (χ4v) is 3.14. The number of non-ortho nitro benzene ring substituents is 1. The van der Waals surface area contributed by atoms with Gasteiger partial charge in [-0.25, -0.2) is 4.98 Å². The molecule has 1 amide bonds. The average Bonchev–Trinajstić information content (AvgIpc) is 3.30. The highest BCUT2D eigenvalue weighted by Crippen LogP contribution is 2.36. The molecule has 0 saturated heterocycles. The van der Waals surface area contributed by atoms with E-state index in [4.69, 9.17) is 9.47 Å². The molecular weight excluding hydrogens is 358 g/mol. The summed E-state index contributed by atoms with van der Waals surface area (Å²) in [5.74, 6) is 0.967. The zero-order valence-corrected chi connectivity index (χ0v) is 14.0. The van der Waals surface area contributed by atoms with Gasteiger partial charge in [0.2, 0.25) is 6.79 Å². The molecule has 0 aliphatic carbocycles. The minimum Gasteiger partial charge on any atom is -0.454 e. The molecular formula is C17H11N3O5S. The third-order valence-electron chi connectivity index (χ3n) is 3.73. The molecule has 2 aromatic carbocycles. The zero-order valence-electron chi connectivity index (χ0n) is 13.2. The van der Waals surface area contributed by atoms with Crippen LogP contribution in [0, 0.1) is 10.1 Å². The molecule has 0 spiro atoms. The second-order valence-electron chi connectivity index (χ2n) is 5.36. The van der Waals surface area contributed by atoms with Crippen molar-refractivity contribution in [2.24, 2.45) is 0 Å². The van der Waals surface area contributed by atoms with E-state index in [0.29, 0.717) is 27.9 Å². The number of nitro benzene ring substituents is 1. The third kappa shape index (κ3) is 3.07. The summed E-state index contributed by atoms with van der Waals surface area (Å²) in [6.45, 7) is 0.201. The number of nitrogens with one attached hydrogen (secondary N) is 1. The van der Waals surface area contributed by atoms with E-state index < -0.39 is 4.92 Å². The maximum Gasteiger partial charge on any atom is 0.269 e. The van der Waals surface area contributed by atoms with Crippen LogP contribution in [0.25, 0.3) is 11.3 Å². The largest absolute Gasteiger partial charge is 0.454 e. The molecule has 0 radical (unpaired) electrons. The van der Waals surface area contributed by atoms with Crippen LogP contribution in [-0.2, 0) is 0 Å². The molecule has 1 aliphatic heterocycles. The van der Waals surface area contributed by atoms with Crippen molar-refractivity contribution in [2.75, 3.05) is 12.1 Å². The summed E-state index contributed by atoms with van der Waals surface area (Å²) < 4.78 is 10.6. The number of nitro groups is 1. The topological polar surface area (TPSA) is 104 Å². The first-order valence-corrected chi connectivity index (χ1v) is 8.39. The van der Waals surface area contributed by atoms with Gasteiger partial charge in [0.05, 0.1) is 10.6 Å². The highest BCUT2D eigenvalue weighted by molar-refractivity contribution is 7.14. The van der Waals surface area contributed by atoms with E-state index in [1.54, 1.807) is 0 Å². The van der Waals surface area contributed by atoms with E-state index in [2.05, 4.69) is 10.3 Å². The second-order valence-corrected chi connectivity index (χ2v) is 6.22. The van der Waals surface area contributed by atoms with Crippen LogP contribution < -0.4 is 14.8 Å². The predicted molar refractivity (Wildman–Crippen MR) is 94.7 cm³/mol. The summed E-state index contributed by atoms with van der Waals surface area (Å²) in [7, 11) is 0. The van der Waals surface area contributed by atoms with Gasteiger partial charge in [0.15, 0.2) is 16.6 Å². The van der Waals surface area contributed by atoms with Crippen molar-refractivity contribution in [2.45, 2.75) is 0 Å². The van der Waals surface area contributed by atoms with Crippen LogP contribution in [0.15, 0.2) is 47.8 Å². The van der Waals surface area contributed by atoms with Crippen LogP contribution in [0.5, 0.6) is 11.5 Å². The van der Waals surface area contributed by atoms with Crippen molar-refractivity contribution in [1.82, 2.24) is 4.98 Å². The second kappa shape index (κ2) is 6.45. The minimum absolute atomic E-state index is 0.0686. The number of hydrogen-bond acceptors (Lipinski definition) is 7. The maximum absolute atomic E-state index is 12.2. The Morgan fingerprint density at radius 1 is 1.15 bits per heavy atom. The number of hydrogen-bond donors (Lipinski definition) is 1. The Bertz CT molecular complexity index is 1000. The zero-order chi connectivity index (χ0) is 18.1. The van der Waals surface area contributed by atoms with Crippen LogP contribution in [0.2, 0.25) is 0 Å². The van der Waals surface area contributed by atoms with Gasteiger partial charge in [-0.05, 0) is 30.3 Å². The van der Waals surface area contributed by atoms with E-state index in [0.717, 1.165) is 5.56 Å². The number of carbonyl (C=O) groups excluding carboxylic acids is 1. The molecule has 26 heavy (non-hydrogen) atoms. The Balaban J connectivity index is 1.49. The molecule has 0 atom stereocenters. The van der Waals surface area contributed by atoms with Crippen LogP contribution in [0.3, 0.4) is 0 Å². The summed E-state index contributed by atoms with van der Waals surface area (Å²) >= 11 is 1.29. The molecule has 0 bridgehead atoms. The van der Waals surface area contributed by atoms with Crippen LogP contribution >= 0.6 is 11.3 Å². The Morgan fingerprint density at radius 3 is 2.69 bits per heavy atom. The number of amides is 1. The first-order valence-electron chi connectivity index (χ1n) is 7.51. The molecule has 8 nitrogen and oxygen atoms in total. The molecule has 130 valence electrons.